The summed E-state index contributed by atoms with van der Waals surface area (Å²) in [6, 6.07) is 0. The summed E-state index contributed by atoms with van der Waals surface area (Å²) in [6.07, 6.45) is 2.68. The topological polar surface area (TPSA) is 98.0 Å². The number of nitrogen functional groups attached to an aromatic ring is 1. The fourth-order valence-electron chi connectivity index (χ4n) is 1.80. The first-order valence-corrected chi connectivity index (χ1v) is 7.31. The standard InChI is InChI=1S/C9H13ClN4O2S/c10-7-8(11)13-5-14-9(7)12-4-6-2-1-3-17(6,15)16/h5-6H,1-4H2,(H3,11,12,13,14)/t6-/m1/s1. The summed E-state index contributed by atoms with van der Waals surface area (Å²) in [5.74, 6) is 0.818. The maximum Gasteiger partial charge on any atom is 0.154 e. The lowest BCUT2D eigenvalue weighted by Crippen LogP contribution is -2.25. The van der Waals surface area contributed by atoms with Gasteiger partial charge < -0.3 is 11.1 Å². The van der Waals surface area contributed by atoms with E-state index in [4.69, 9.17) is 17.3 Å². The number of nitrogens with zero attached hydrogens (tertiary/aromatic N) is 2. The summed E-state index contributed by atoms with van der Waals surface area (Å²) >= 11 is 5.89. The molecule has 1 fully saturated rings. The van der Waals surface area contributed by atoms with E-state index in [0.717, 1.165) is 0 Å². The van der Waals surface area contributed by atoms with E-state index in [9.17, 15) is 8.42 Å². The fraction of sp³-hybridized carbons (Fsp3) is 0.556. The molecule has 1 atom stereocenters. The van der Waals surface area contributed by atoms with Gasteiger partial charge in [0.2, 0.25) is 0 Å². The van der Waals surface area contributed by atoms with Crippen molar-refractivity contribution >= 4 is 33.1 Å². The molecule has 1 aromatic heterocycles. The Morgan fingerprint density at radius 2 is 2.29 bits per heavy atom. The first-order chi connectivity index (χ1) is 8.00. The molecule has 1 saturated heterocycles. The van der Waals surface area contributed by atoms with Crippen LogP contribution in [0.5, 0.6) is 0 Å². The van der Waals surface area contributed by atoms with E-state index < -0.39 is 9.84 Å². The van der Waals surface area contributed by atoms with Crippen molar-refractivity contribution in [2.45, 2.75) is 18.1 Å². The number of aromatic nitrogens is 2. The molecule has 0 saturated carbocycles. The highest BCUT2D eigenvalue weighted by Gasteiger charge is 2.31. The molecule has 0 aromatic carbocycles. The Kier molecular flexibility index (Phi) is 3.39. The van der Waals surface area contributed by atoms with Crippen LogP contribution in [0.2, 0.25) is 5.02 Å². The Balaban J connectivity index is 2.06. The highest BCUT2D eigenvalue weighted by Crippen LogP contribution is 2.25. The number of rotatable bonds is 3. The number of nitrogens with two attached hydrogens (primary N) is 1. The van der Waals surface area contributed by atoms with Crippen molar-refractivity contribution in [3.8, 4) is 0 Å². The highest BCUT2D eigenvalue weighted by molar-refractivity contribution is 7.92. The molecule has 1 aliphatic rings. The van der Waals surface area contributed by atoms with E-state index in [1.165, 1.54) is 6.33 Å². The molecule has 8 heteroatoms. The molecule has 94 valence electrons. The van der Waals surface area contributed by atoms with E-state index in [-0.39, 0.29) is 21.8 Å². The summed E-state index contributed by atoms with van der Waals surface area (Å²) in [5, 5.41) is 2.77. The van der Waals surface area contributed by atoms with Crippen LogP contribution in [-0.4, -0.2) is 35.9 Å². The van der Waals surface area contributed by atoms with Crippen LogP contribution in [0.4, 0.5) is 11.6 Å². The van der Waals surface area contributed by atoms with E-state index >= 15 is 0 Å². The van der Waals surface area contributed by atoms with E-state index in [1.807, 2.05) is 0 Å². The summed E-state index contributed by atoms with van der Waals surface area (Å²) in [4.78, 5) is 7.64. The molecule has 2 rings (SSSR count). The summed E-state index contributed by atoms with van der Waals surface area (Å²) in [5.41, 5.74) is 5.52. The lowest BCUT2D eigenvalue weighted by molar-refractivity contribution is 0.591. The molecule has 0 radical (unpaired) electrons. The largest absolute Gasteiger partial charge is 0.382 e. The van der Waals surface area contributed by atoms with Gasteiger partial charge in [-0.3, -0.25) is 0 Å². The third-order valence-electron chi connectivity index (χ3n) is 2.78. The maximum atomic E-state index is 11.6. The van der Waals surface area contributed by atoms with Crippen molar-refractivity contribution in [3.05, 3.63) is 11.3 Å². The molecule has 0 aliphatic carbocycles. The molecule has 6 nitrogen and oxygen atoms in total. The van der Waals surface area contributed by atoms with Crippen LogP contribution >= 0.6 is 11.6 Å². The molecule has 0 unspecified atom stereocenters. The Morgan fingerprint density at radius 1 is 1.53 bits per heavy atom. The second-order valence-electron chi connectivity index (χ2n) is 3.93. The Labute approximate surface area is 105 Å². The van der Waals surface area contributed by atoms with E-state index in [1.54, 1.807) is 0 Å². The van der Waals surface area contributed by atoms with Gasteiger partial charge in [-0.15, -0.1) is 0 Å². The highest BCUT2D eigenvalue weighted by atomic mass is 35.5. The number of hydrogen-bond acceptors (Lipinski definition) is 6. The molecule has 2 heterocycles. The molecule has 0 spiro atoms. The second kappa shape index (κ2) is 4.66. The molecule has 17 heavy (non-hydrogen) atoms. The lowest BCUT2D eigenvalue weighted by atomic mass is 10.2. The second-order valence-corrected chi connectivity index (χ2v) is 6.71. The van der Waals surface area contributed by atoms with Gasteiger partial charge in [-0.2, -0.15) is 0 Å². The van der Waals surface area contributed by atoms with Gasteiger partial charge >= 0.3 is 0 Å². The van der Waals surface area contributed by atoms with Gasteiger partial charge in [-0.1, -0.05) is 11.6 Å². The van der Waals surface area contributed by atoms with E-state index in [2.05, 4.69) is 15.3 Å². The molecular formula is C9H13ClN4O2S. The summed E-state index contributed by atoms with van der Waals surface area (Å²) in [7, 11) is -2.96. The Hall–Kier alpha value is -1.08. The minimum atomic E-state index is -2.96. The van der Waals surface area contributed by atoms with Gasteiger partial charge in [0.05, 0.1) is 11.0 Å². The SMILES string of the molecule is Nc1ncnc(NC[C@H]2CCCS2(=O)=O)c1Cl. The normalized spacial score (nSPS) is 22.5. The summed E-state index contributed by atoms with van der Waals surface area (Å²) in [6.45, 7) is 0.304. The maximum absolute atomic E-state index is 11.6. The quantitative estimate of drug-likeness (QED) is 0.843. The Morgan fingerprint density at radius 3 is 2.94 bits per heavy atom. The van der Waals surface area contributed by atoms with Crippen LogP contribution < -0.4 is 11.1 Å². The van der Waals surface area contributed by atoms with Crippen LogP contribution in [0, 0.1) is 0 Å². The molecule has 0 bridgehead atoms. The Bertz CT molecular complexity index is 520. The molecule has 1 aliphatic heterocycles. The van der Waals surface area contributed by atoms with E-state index in [0.29, 0.717) is 25.2 Å². The zero-order chi connectivity index (χ0) is 12.5. The van der Waals surface area contributed by atoms with Crippen molar-refractivity contribution in [1.82, 2.24) is 9.97 Å². The minimum absolute atomic E-state index is 0.179. The monoisotopic (exact) mass is 276 g/mol. The molecular weight excluding hydrogens is 264 g/mol. The average Bonchev–Trinajstić information content (AvgIpc) is 2.60. The van der Waals surface area contributed by atoms with Crippen molar-refractivity contribution < 1.29 is 8.42 Å². The zero-order valence-corrected chi connectivity index (χ0v) is 10.6. The van der Waals surface area contributed by atoms with Gasteiger partial charge in [0.25, 0.3) is 0 Å². The molecule has 0 amide bonds. The van der Waals surface area contributed by atoms with Crippen LogP contribution in [-0.2, 0) is 9.84 Å². The number of nitrogens with one attached hydrogen (secondary N) is 1. The average molecular weight is 277 g/mol. The predicted octanol–water partition coefficient (Wildman–Crippen LogP) is 0.701. The smallest absolute Gasteiger partial charge is 0.154 e. The number of sulfone groups is 1. The third-order valence-corrected chi connectivity index (χ3v) is 5.42. The van der Waals surface area contributed by atoms with Crippen LogP contribution in [0.25, 0.3) is 0 Å². The third kappa shape index (κ3) is 2.61. The summed E-state index contributed by atoms with van der Waals surface area (Å²) < 4.78 is 23.2. The van der Waals surface area contributed by atoms with Crippen LogP contribution in [0.3, 0.4) is 0 Å². The van der Waals surface area contributed by atoms with Gasteiger partial charge in [-0.25, -0.2) is 18.4 Å². The van der Waals surface area contributed by atoms with Crippen LogP contribution in [0.1, 0.15) is 12.8 Å². The fourth-order valence-corrected chi connectivity index (χ4v) is 3.73. The van der Waals surface area contributed by atoms with Crippen molar-refractivity contribution in [2.75, 3.05) is 23.3 Å². The predicted molar refractivity (Wildman–Crippen MR) is 66.8 cm³/mol. The minimum Gasteiger partial charge on any atom is -0.382 e. The lowest BCUT2D eigenvalue weighted by Gasteiger charge is -2.12. The number of hydrogen-bond donors (Lipinski definition) is 2. The number of anilines is 2. The van der Waals surface area contributed by atoms with Gasteiger partial charge in [0.15, 0.2) is 9.84 Å². The van der Waals surface area contributed by atoms with Crippen molar-refractivity contribution in [1.29, 1.82) is 0 Å². The number of halogens is 1. The first kappa shape index (κ1) is 12.4. The van der Waals surface area contributed by atoms with Gasteiger partial charge in [-0.05, 0) is 12.8 Å². The van der Waals surface area contributed by atoms with Gasteiger partial charge in [0.1, 0.15) is 23.0 Å². The molecule has 1 aromatic rings. The van der Waals surface area contributed by atoms with Crippen molar-refractivity contribution in [3.63, 3.8) is 0 Å². The first-order valence-electron chi connectivity index (χ1n) is 5.22. The zero-order valence-electron chi connectivity index (χ0n) is 9.06. The van der Waals surface area contributed by atoms with Gasteiger partial charge in [0, 0.05) is 6.54 Å². The van der Waals surface area contributed by atoms with Crippen LogP contribution in [0.15, 0.2) is 6.33 Å². The van der Waals surface area contributed by atoms with Crippen molar-refractivity contribution in [2.24, 2.45) is 0 Å². The molecule has 3 N–H and O–H groups in total.